The van der Waals surface area contributed by atoms with Crippen molar-refractivity contribution in [3.05, 3.63) is 34.8 Å². The summed E-state index contributed by atoms with van der Waals surface area (Å²) in [5.74, 6) is 1.39. The molecule has 0 bridgehead atoms. The fourth-order valence-electron chi connectivity index (χ4n) is 3.99. The average Bonchev–Trinajstić information content (AvgIpc) is 3.44. The number of hydrogen-bond donors (Lipinski definition) is 0. The van der Waals surface area contributed by atoms with E-state index in [1.807, 2.05) is 17.0 Å². The fourth-order valence-corrected chi connectivity index (χ4v) is 4.74. The summed E-state index contributed by atoms with van der Waals surface area (Å²) < 4.78 is 5.04. The number of piperazine rings is 1. The average molecular weight is 411 g/mol. The number of amides is 1. The molecule has 1 atom stereocenters. The van der Waals surface area contributed by atoms with Crippen LogP contribution in [-0.4, -0.2) is 55.2 Å². The SMILES string of the molecule is COCCC(=O)N1CCN(c2nc(C3CC3)c(-c3cccs3)cc2C#N)C[C@H]1C. The highest BCUT2D eigenvalue weighted by Crippen LogP contribution is 2.45. The Morgan fingerprint density at radius 1 is 1.41 bits per heavy atom. The van der Waals surface area contributed by atoms with E-state index in [0.717, 1.165) is 29.9 Å². The molecular formula is C22H26N4O2S. The largest absolute Gasteiger partial charge is 0.384 e. The molecule has 0 unspecified atom stereocenters. The Kier molecular flexibility index (Phi) is 5.84. The van der Waals surface area contributed by atoms with Gasteiger partial charge in [-0.3, -0.25) is 4.79 Å². The van der Waals surface area contributed by atoms with Crippen molar-refractivity contribution in [2.24, 2.45) is 0 Å². The lowest BCUT2D eigenvalue weighted by molar-refractivity contribution is -0.134. The Morgan fingerprint density at radius 3 is 2.86 bits per heavy atom. The molecule has 2 aromatic rings. The van der Waals surface area contributed by atoms with Crippen LogP contribution in [0.4, 0.5) is 5.82 Å². The molecule has 2 fully saturated rings. The van der Waals surface area contributed by atoms with Crippen LogP contribution in [0.1, 0.15) is 43.4 Å². The molecule has 4 rings (SSSR count). The lowest BCUT2D eigenvalue weighted by Crippen LogP contribution is -2.54. The third-order valence-electron chi connectivity index (χ3n) is 5.67. The zero-order valence-corrected chi connectivity index (χ0v) is 17.7. The summed E-state index contributed by atoms with van der Waals surface area (Å²) in [4.78, 5) is 22.7. The van der Waals surface area contributed by atoms with Crippen LogP contribution in [0.15, 0.2) is 23.6 Å². The van der Waals surface area contributed by atoms with E-state index in [4.69, 9.17) is 9.72 Å². The van der Waals surface area contributed by atoms with Crippen LogP contribution in [0.3, 0.4) is 0 Å². The number of anilines is 1. The quantitative estimate of drug-likeness (QED) is 0.727. The smallest absolute Gasteiger partial charge is 0.225 e. The molecular weight excluding hydrogens is 384 g/mol. The second-order valence-corrected chi connectivity index (χ2v) is 8.73. The maximum absolute atomic E-state index is 12.4. The minimum atomic E-state index is 0.0720. The van der Waals surface area contributed by atoms with Crippen LogP contribution in [0.5, 0.6) is 0 Å². The molecule has 0 N–H and O–H groups in total. The van der Waals surface area contributed by atoms with Crippen molar-refractivity contribution >= 4 is 23.1 Å². The fraction of sp³-hybridized carbons (Fsp3) is 0.500. The van der Waals surface area contributed by atoms with Crippen molar-refractivity contribution in [1.82, 2.24) is 9.88 Å². The van der Waals surface area contributed by atoms with Gasteiger partial charge >= 0.3 is 0 Å². The van der Waals surface area contributed by atoms with Gasteiger partial charge in [0, 0.05) is 49.1 Å². The first-order valence-corrected chi connectivity index (χ1v) is 11.0. The predicted molar refractivity (Wildman–Crippen MR) is 114 cm³/mol. The Hall–Kier alpha value is -2.43. The van der Waals surface area contributed by atoms with Gasteiger partial charge in [0.05, 0.1) is 24.3 Å². The van der Waals surface area contributed by atoms with E-state index in [9.17, 15) is 10.1 Å². The number of rotatable bonds is 6. The van der Waals surface area contributed by atoms with Gasteiger partial charge in [-0.25, -0.2) is 4.98 Å². The van der Waals surface area contributed by atoms with E-state index in [1.54, 1.807) is 18.4 Å². The summed E-state index contributed by atoms with van der Waals surface area (Å²) in [7, 11) is 1.61. The molecule has 29 heavy (non-hydrogen) atoms. The number of nitrogens with zero attached hydrogens (tertiary/aromatic N) is 4. The molecule has 0 spiro atoms. The topological polar surface area (TPSA) is 69.5 Å². The normalized spacial score (nSPS) is 19.3. The maximum Gasteiger partial charge on any atom is 0.225 e. The number of methoxy groups -OCH3 is 1. The van der Waals surface area contributed by atoms with Gasteiger partial charge in [0.25, 0.3) is 0 Å². The van der Waals surface area contributed by atoms with Crippen LogP contribution < -0.4 is 4.90 Å². The highest BCUT2D eigenvalue weighted by atomic mass is 32.1. The highest BCUT2D eigenvalue weighted by molar-refractivity contribution is 7.13. The van der Waals surface area contributed by atoms with E-state index in [0.29, 0.717) is 44.1 Å². The summed E-state index contributed by atoms with van der Waals surface area (Å²) in [6, 6.07) is 8.59. The zero-order chi connectivity index (χ0) is 20.4. The van der Waals surface area contributed by atoms with Crippen molar-refractivity contribution < 1.29 is 9.53 Å². The maximum atomic E-state index is 12.4. The Labute approximate surface area is 175 Å². The second kappa shape index (κ2) is 8.52. The summed E-state index contributed by atoms with van der Waals surface area (Å²) in [6.07, 6.45) is 2.73. The summed E-state index contributed by atoms with van der Waals surface area (Å²) >= 11 is 1.69. The van der Waals surface area contributed by atoms with E-state index in [1.165, 1.54) is 4.88 Å². The number of pyridine rings is 1. The molecule has 1 saturated heterocycles. The van der Waals surface area contributed by atoms with Gasteiger partial charge in [0.1, 0.15) is 11.9 Å². The number of carbonyl (C=O) groups is 1. The first kappa shape index (κ1) is 19.9. The van der Waals surface area contributed by atoms with Crippen LogP contribution in [0.25, 0.3) is 10.4 Å². The second-order valence-electron chi connectivity index (χ2n) is 7.78. The molecule has 2 aromatic heterocycles. The number of ether oxygens (including phenoxy) is 1. The van der Waals surface area contributed by atoms with Gasteiger partial charge < -0.3 is 14.5 Å². The van der Waals surface area contributed by atoms with E-state index in [-0.39, 0.29) is 11.9 Å². The molecule has 0 radical (unpaired) electrons. The van der Waals surface area contributed by atoms with Crippen molar-refractivity contribution in [1.29, 1.82) is 5.26 Å². The molecule has 152 valence electrons. The van der Waals surface area contributed by atoms with E-state index >= 15 is 0 Å². The number of carbonyl (C=O) groups excluding carboxylic acids is 1. The molecule has 3 heterocycles. The first-order chi connectivity index (χ1) is 14.1. The van der Waals surface area contributed by atoms with Gasteiger partial charge in [-0.05, 0) is 37.3 Å². The molecule has 6 nitrogen and oxygen atoms in total. The van der Waals surface area contributed by atoms with Crippen LogP contribution in [-0.2, 0) is 9.53 Å². The molecule has 0 aromatic carbocycles. The molecule has 1 amide bonds. The van der Waals surface area contributed by atoms with E-state index in [2.05, 4.69) is 29.3 Å². The van der Waals surface area contributed by atoms with Crippen molar-refractivity contribution in [3.8, 4) is 16.5 Å². The minimum Gasteiger partial charge on any atom is -0.384 e. The number of aromatic nitrogens is 1. The van der Waals surface area contributed by atoms with Crippen molar-refractivity contribution in [2.75, 3.05) is 38.3 Å². The number of nitriles is 1. The highest BCUT2D eigenvalue weighted by Gasteiger charge is 2.33. The minimum absolute atomic E-state index is 0.0720. The van der Waals surface area contributed by atoms with E-state index < -0.39 is 0 Å². The standard InChI is InChI=1S/C22H26N4O2S/c1-15-14-25(8-9-26(15)20(27)7-10-28-2)22-17(13-23)12-18(19-4-3-11-29-19)21(24-22)16-5-6-16/h3-4,11-12,15-16H,5-10,14H2,1-2H3/t15-/m1/s1. The summed E-state index contributed by atoms with van der Waals surface area (Å²) in [5.41, 5.74) is 2.83. The third kappa shape index (κ3) is 4.14. The Bertz CT molecular complexity index is 918. The van der Waals surface area contributed by atoms with Crippen LogP contribution in [0.2, 0.25) is 0 Å². The first-order valence-electron chi connectivity index (χ1n) is 10.1. The third-order valence-corrected chi connectivity index (χ3v) is 6.57. The Balaban J connectivity index is 1.60. The van der Waals surface area contributed by atoms with Crippen molar-refractivity contribution in [2.45, 2.75) is 38.1 Å². The predicted octanol–water partition coefficient (Wildman–Crippen LogP) is 3.63. The number of hydrogen-bond acceptors (Lipinski definition) is 6. The summed E-state index contributed by atoms with van der Waals surface area (Å²) in [5, 5.41) is 11.9. The molecule has 7 heteroatoms. The lowest BCUT2D eigenvalue weighted by Gasteiger charge is -2.41. The van der Waals surface area contributed by atoms with Gasteiger partial charge in [-0.15, -0.1) is 11.3 Å². The Morgan fingerprint density at radius 2 is 2.24 bits per heavy atom. The van der Waals surface area contributed by atoms with Gasteiger partial charge in [0.15, 0.2) is 0 Å². The van der Waals surface area contributed by atoms with Gasteiger partial charge in [-0.2, -0.15) is 5.26 Å². The molecule has 1 aliphatic heterocycles. The summed E-state index contributed by atoms with van der Waals surface area (Å²) in [6.45, 7) is 4.52. The van der Waals surface area contributed by atoms with Gasteiger partial charge in [0.2, 0.25) is 5.91 Å². The van der Waals surface area contributed by atoms with Crippen LogP contribution >= 0.6 is 11.3 Å². The van der Waals surface area contributed by atoms with Crippen LogP contribution in [0, 0.1) is 11.3 Å². The van der Waals surface area contributed by atoms with Crippen molar-refractivity contribution in [3.63, 3.8) is 0 Å². The molecule has 1 aliphatic carbocycles. The lowest BCUT2D eigenvalue weighted by atomic mass is 10.0. The number of thiophene rings is 1. The molecule has 1 saturated carbocycles. The monoisotopic (exact) mass is 410 g/mol. The van der Waals surface area contributed by atoms with Gasteiger partial charge in [-0.1, -0.05) is 6.07 Å². The molecule has 2 aliphatic rings. The zero-order valence-electron chi connectivity index (χ0n) is 16.9.